The van der Waals surface area contributed by atoms with Crippen molar-refractivity contribution in [2.75, 3.05) is 12.8 Å². The van der Waals surface area contributed by atoms with Crippen LogP contribution in [0.15, 0.2) is 52.9 Å². The fourth-order valence-corrected chi connectivity index (χ4v) is 4.27. The number of nitrogens with zero attached hydrogens (tertiary/aromatic N) is 1. The molecule has 0 aliphatic heterocycles. The smallest absolute Gasteiger partial charge is 0.0620 e. The monoisotopic (exact) mass is 371 g/mol. The highest BCUT2D eigenvalue weighted by Gasteiger charge is 2.09. The Balaban J connectivity index is 2.61. The molecule has 1 aromatic carbocycles. The molecule has 0 bridgehead atoms. The van der Waals surface area contributed by atoms with Crippen LogP contribution in [-0.2, 0) is 6.42 Å². The van der Waals surface area contributed by atoms with Crippen LogP contribution in [0.4, 0.5) is 0 Å². The summed E-state index contributed by atoms with van der Waals surface area (Å²) in [6.45, 7) is 17.6. The predicted octanol–water partition coefficient (Wildman–Crippen LogP) is 7.92. The first-order valence-corrected chi connectivity index (χ1v) is 12.1. The lowest BCUT2D eigenvalue weighted by molar-refractivity contribution is 0.761. The van der Waals surface area contributed by atoms with Gasteiger partial charge in [0.05, 0.1) is 5.44 Å². The van der Waals surface area contributed by atoms with Crippen LogP contribution in [0.25, 0.3) is 0 Å². The standard InChI is InChI=1S/C24H38NP/c1-8-20(6)24(26(7)10-3)25-23(9-2)14-12-11-13-21-15-17-22(18-16-21)19(4)5/h9,15-19H,2,8,10-14H2,1,3-7H3/b24-20+,25-23?. The summed E-state index contributed by atoms with van der Waals surface area (Å²) in [7, 11) is -0.144. The van der Waals surface area contributed by atoms with Gasteiger partial charge in [0.15, 0.2) is 0 Å². The third-order valence-corrected chi connectivity index (χ3v) is 7.18. The van der Waals surface area contributed by atoms with Gasteiger partial charge in [-0.05, 0) is 80.5 Å². The van der Waals surface area contributed by atoms with Gasteiger partial charge in [0, 0.05) is 5.71 Å². The van der Waals surface area contributed by atoms with Gasteiger partial charge in [0.1, 0.15) is 0 Å². The molecule has 0 saturated carbocycles. The zero-order valence-electron chi connectivity index (χ0n) is 17.8. The summed E-state index contributed by atoms with van der Waals surface area (Å²) in [5, 5.41) is 0. The molecule has 0 saturated heterocycles. The van der Waals surface area contributed by atoms with Crippen molar-refractivity contribution >= 4 is 13.6 Å². The number of hydrogen-bond acceptors (Lipinski definition) is 1. The van der Waals surface area contributed by atoms with Crippen molar-refractivity contribution in [3.8, 4) is 0 Å². The van der Waals surface area contributed by atoms with Crippen LogP contribution in [0, 0.1) is 0 Å². The van der Waals surface area contributed by atoms with Crippen molar-refractivity contribution in [3.63, 3.8) is 0 Å². The number of hydrogen-bond donors (Lipinski definition) is 0. The summed E-state index contributed by atoms with van der Waals surface area (Å²) in [6.07, 6.45) is 8.79. The lowest BCUT2D eigenvalue weighted by atomic mass is 9.99. The minimum atomic E-state index is -0.144. The number of aryl methyl sites for hydroxylation is 1. The molecule has 26 heavy (non-hydrogen) atoms. The summed E-state index contributed by atoms with van der Waals surface area (Å²) in [5.41, 5.74) is 6.80. The Morgan fingerprint density at radius 1 is 1.15 bits per heavy atom. The zero-order valence-corrected chi connectivity index (χ0v) is 18.7. The Bertz CT molecular complexity index is 608. The van der Waals surface area contributed by atoms with Crippen LogP contribution in [-0.4, -0.2) is 18.5 Å². The average molecular weight is 372 g/mol. The molecule has 0 aromatic heterocycles. The Labute approximate surface area is 163 Å². The number of rotatable bonds is 11. The Hall–Kier alpha value is -1.20. The second-order valence-electron chi connectivity index (χ2n) is 7.38. The van der Waals surface area contributed by atoms with Gasteiger partial charge in [-0.15, -0.1) is 0 Å². The Morgan fingerprint density at radius 2 is 1.81 bits per heavy atom. The van der Waals surface area contributed by atoms with E-state index in [0.717, 1.165) is 25.0 Å². The van der Waals surface area contributed by atoms with Gasteiger partial charge >= 0.3 is 0 Å². The first-order chi connectivity index (χ1) is 12.4. The predicted molar refractivity (Wildman–Crippen MR) is 122 cm³/mol. The van der Waals surface area contributed by atoms with Gasteiger partial charge in [0.2, 0.25) is 0 Å². The first kappa shape index (κ1) is 22.8. The van der Waals surface area contributed by atoms with E-state index in [2.05, 4.69) is 72.1 Å². The average Bonchev–Trinajstić information content (AvgIpc) is 2.66. The number of allylic oxidation sites excluding steroid dienone is 2. The molecule has 0 aliphatic carbocycles. The number of unbranched alkanes of at least 4 members (excludes halogenated alkanes) is 1. The van der Waals surface area contributed by atoms with Crippen LogP contribution in [0.5, 0.6) is 0 Å². The first-order valence-electron chi connectivity index (χ1n) is 10.1. The van der Waals surface area contributed by atoms with E-state index >= 15 is 0 Å². The second-order valence-corrected chi connectivity index (χ2v) is 9.83. The normalized spacial score (nSPS) is 14.3. The topological polar surface area (TPSA) is 12.4 Å². The highest BCUT2D eigenvalue weighted by molar-refractivity contribution is 7.61. The lowest BCUT2D eigenvalue weighted by Crippen LogP contribution is -1.98. The summed E-state index contributed by atoms with van der Waals surface area (Å²) in [6, 6.07) is 9.12. The molecule has 1 unspecified atom stereocenters. The van der Waals surface area contributed by atoms with E-state index in [1.165, 1.54) is 41.1 Å². The van der Waals surface area contributed by atoms with Crippen molar-refractivity contribution < 1.29 is 0 Å². The van der Waals surface area contributed by atoms with Crippen molar-refractivity contribution in [2.45, 2.75) is 72.6 Å². The molecule has 1 atom stereocenters. The van der Waals surface area contributed by atoms with E-state index in [0.29, 0.717) is 5.92 Å². The molecule has 0 aliphatic rings. The third kappa shape index (κ3) is 7.58. The van der Waals surface area contributed by atoms with E-state index in [4.69, 9.17) is 4.99 Å². The van der Waals surface area contributed by atoms with E-state index in [-0.39, 0.29) is 7.92 Å². The molecule has 0 N–H and O–H groups in total. The fraction of sp³-hybridized carbons (Fsp3) is 0.542. The van der Waals surface area contributed by atoms with Crippen molar-refractivity contribution in [3.05, 3.63) is 59.1 Å². The van der Waals surface area contributed by atoms with E-state index in [1.54, 1.807) is 0 Å². The number of aliphatic imine (C=N–C) groups is 1. The molecule has 0 amide bonds. The molecule has 1 rings (SSSR count). The lowest BCUT2D eigenvalue weighted by Gasteiger charge is -2.15. The van der Waals surface area contributed by atoms with Crippen molar-refractivity contribution in [2.24, 2.45) is 4.99 Å². The van der Waals surface area contributed by atoms with Crippen LogP contribution < -0.4 is 0 Å². The molecule has 0 heterocycles. The number of benzene rings is 1. The van der Waals surface area contributed by atoms with Crippen molar-refractivity contribution in [1.82, 2.24) is 0 Å². The van der Waals surface area contributed by atoms with E-state index in [1.807, 2.05) is 6.08 Å². The van der Waals surface area contributed by atoms with Gasteiger partial charge in [-0.1, -0.05) is 66.5 Å². The van der Waals surface area contributed by atoms with Crippen molar-refractivity contribution in [1.29, 1.82) is 0 Å². The summed E-state index contributed by atoms with van der Waals surface area (Å²) in [4.78, 5) is 5.02. The van der Waals surface area contributed by atoms with E-state index in [9.17, 15) is 0 Å². The van der Waals surface area contributed by atoms with Crippen LogP contribution >= 0.6 is 7.92 Å². The molecule has 144 valence electrons. The maximum atomic E-state index is 5.02. The van der Waals surface area contributed by atoms with Gasteiger partial charge in [-0.2, -0.15) is 0 Å². The summed E-state index contributed by atoms with van der Waals surface area (Å²) >= 11 is 0. The highest BCUT2D eigenvalue weighted by atomic mass is 31.1. The molecule has 0 fully saturated rings. The van der Waals surface area contributed by atoms with Gasteiger partial charge in [-0.3, -0.25) is 4.99 Å². The Kier molecular flexibility index (Phi) is 10.7. The fourth-order valence-electron chi connectivity index (χ4n) is 2.86. The minimum absolute atomic E-state index is 0.144. The van der Waals surface area contributed by atoms with Crippen LogP contribution in [0.3, 0.4) is 0 Å². The minimum Gasteiger partial charge on any atom is -0.253 e. The molecular formula is C24H38NP. The maximum absolute atomic E-state index is 5.02. The molecule has 1 aromatic rings. The maximum Gasteiger partial charge on any atom is 0.0620 e. The van der Waals surface area contributed by atoms with Gasteiger partial charge < -0.3 is 0 Å². The summed E-state index contributed by atoms with van der Waals surface area (Å²) < 4.78 is 0. The third-order valence-electron chi connectivity index (χ3n) is 5.03. The molecular weight excluding hydrogens is 333 g/mol. The second kappa shape index (κ2) is 12.2. The summed E-state index contributed by atoms with van der Waals surface area (Å²) in [5.74, 6) is 0.608. The van der Waals surface area contributed by atoms with Gasteiger partial charge in [-0.25, -0.2) is 0 Å². The largest absolute Gasteiger partial charge is 0.253 e. The molecule has 0 spiro atoms. The van der Waals surface area contributed by atoms with E-state index < -0.39 is 0 Å². The molecule has 2 heteroatoms. The van der Waals surface area contributed by atoms with Crippen LogP contribution in [0.2, 0.25) is 0 Å². The Morgan fingerprint density at radius 3 is 2.31 bits per heavy atom. The molecule has 0 radical (unpaired) electrons. The molecule has 1 nitrogen and oxygen atoms in total. The highest BCUT2D eigenvalue weighted by Crippen LogP contribution is 2.43. The van der Waals surface area contributed by atoms with Gasteiger partial charge in [0.25, 0.3) is 0 Å². The SMILES string of the molecule is C=CC(CCCCc1ccc(C(C)C)cc1)=N/C(=C(/C)CC)P(C)CC. The zero-order chi connectivity index (χ0) is 19.5. The van der Waals surface area contributed by atoms with Crippen LogP contribution in [0.1, 0.15) is 77.3 Å². The quantitative estimate of drug-likeness (QED) is 0.213.